The number of amides is 2. The highest BCUT2D eigenvalue weighted by molar-refractivity contribution is 9.10. The van der Waals surface area contributed by atoms with Crippen LogP contribution in [0.15, 0.2) is 53.0 Å². The fourth-order valence-corrected chi connectivity index (χ4v) is 4.97. The van der Waals surface area contributed by atoms with Crippen LogP contribution in [0.2, 0.25) is 0 Å². The average Bonchev–Trinajstić information content (AvgIpc) is 2.80. The number of benzene rings is 2. The fraction of sp³-hybridized carbons (Fsp3) is 0.440. The molecule has 2 aromatic rings. The Kier molecular flexibility index (Phi) is 7.41. The molecule has 2 fully saturated rings. The molecule has 31 heavy (non-hydrogen) atoms. The van der Waals surface area contributed by atoms with Gasteiger partial charge < -0.3 is 10.2 Å². The zero-order valence-corrected chi connectivity index (χ0v) is 19.4. The molecule has 2 heterocycles. The smallest absolute Gasteiger partial charge is 0.255 e. The molecule has 0 bridgehead atoms. The van der Waals surface area contributed by atoms with Crippen LogP contribution in [-0.4, -0.2) is 47.8 Å². The highest BCUT2D eigenvalue weighted by atomic mass is 79.9. The molecule has 1 N–H and O–H groups in total. The Hall–Kier alpha value is -2.18. The molecule has 2 aliphatic heterocycles. The van der Waals surface area contributed by atoms with Crippen LogP contribution in [0.1, 0.15) is 48.0 Å². The van der Waals surface area contributed by atoms with E-state index in [9.17, 15) is 9.59 Å². The number of piperidine rings is 2. The first kappa shape index (κ1) is 22.0. The van der Waals surface area contributed by atoms with Crippen molar-refractivity contribution in [2.24, 2.45) is 5.92 Å². The number of hydrogen-bond acceptors (Lipinski definition) is 3. The summed E-state index contributed by atoms with van der Waals surface area (Å²) in [4.78, 5) is 30.3. The summed E-state index contributed by atoms with van der Waals surface area (Å²) in [6.45, 7) is 4.31. The van der Waals surface area contributed by atoms with E-state index in [0.29, 0.717) is 11.3 Å². The van der Waals surface area contributed by atoms with Gasteiger partial charge in [-0.25, -0.2) is 0 Å². The minimum absolute atomic E-state index is 0.0168. The number of nitrogens with zero attached hydrogens (tertiary/aromatic N) is 2. The van der Waals surface area contributed by atoms with Gasteiger partial charge in [0, 0.05) is 30.0 Å². The average molecular weight is 484 g/mol. The number of likely N-dealkylation sites (tertiary alicyclic amines) is 2. The van der Waals surface area contributed by atoms with Gasteiger partial charge in [0.15, 0.2) is 0 Å². The molecule has 2 saturated heterocycles. The van der Waals surface area contributed by atoms with Crippen molar-refractivity contribution in [2.45, 2.75) is 38.6 Å². The lowest BCUT2D eigenvalue weighted by Gasteiger charge is -2.31. The lowest BCUT2D eigenvalue weighted by atomic mass is 9.95. The number of carbonyl (C=O) groups excluding carboxylic acids is 2. The van der Waals surface area contributed by atoms with Crippen molar-refractivity contribution in [3.8, 4) is 0 Å². The van der Waals surface area contributed by atoms with Gasteiger partial charge in [-0.3, -0.25) is 14.5 Å². The van der Waals surface area contributed by atoms with Gasteiger partial charge in [0.1, 0.15) is 0 Å². The third-order valence-corrected chi connectivity index (χ3v) is 6.81. The van der Waals surface area contributed by atoms with E-state index in [1.165, 1.54) is 12.0 Å². The number of halogens is 1. The van der Waals surface area contributed by atoms with Crippen LogP contribution in [0, 0.1) is 5.92 Å². The molecular formula is C25H30BrN3O2. The molecule has 2 aromatic carbocycles. The fourth-order valence-electron chi connectivity index (χ4n) is 4.53. The minimum atomic E-state index is -0.0168. The maximum atomic E-state index is 13.0. The van der Waals surface area contributed by atoms with Crippen molar-refractivity contribution in [2.75, 3.05) is 31.5 Å². The number of rotatable bonds is 5. The van der Waals surface area contributed by atoms with E-state index >= 15 is 0 Å². The molecule has 5 nitrogen and oxygen atoms in total. The van der Waals surface area contributed by atoms with Gasteiger partial charge in [0.25, 0.3) is 5.91 Å². The van der Waals surface area contributed by atoms with E-state index in [4.69, 9.17) is 0 Å². The van der Waals surface area contributed by atoms with Crippen molar-refractivity contribution in [3.63, 3.8) is 0 Å². The summed E-state index contributed by atoms with van der Waals surface area (Å²) in [6, 6.07) is 15.8. The zero-order chi connectivity index (χ0) is 21.6. The lowest BCUT2D eigenvalue weighted by molar-refractivity contribution is -0.121. The van der Waals surface area contributed by atoms with Crippen molar-refractivity contribution >= 4 is 33.4 Å². The van der Waals surface area contributed by atoms with Gasteiger partial charge in [-0.05, 0) is 75.0 Å². The molecule has 0 unspecified atom stereocenters. The Morgan fingerprint density at radius 1 is 0.935 bits per heavy atom. The molecule has 0 spiro atoms. The molecule has 0 atom stereocenters. The molecule has 0 aromatic heterocycles. The summed E-state index contributed by atoms with van der Waals surface area (Å²) in [6.07, 6.45) is 4.96. The Labute approximate surface area is 192 Å². The van der Waals surface area contributed by atoms with Gasteiger partial charge in [0.05, 0.1) is 11.3 Å². The van der Waals surface area contributed by atoms with Crippen LogP contribution in [0.5, 0.6) is 0 Å². The molecule has 2 aliphatic rings. The number of carbonyl (C=O) groups is 2. The van der Waals surface area contributed by atoms with Gasteiger partial charge in [-0.15, -0.1) is 0 Å². The first-order valence-corrected chi connectivity index (χ1v) is 12.1. The SMILES string of the molecule is O=C(Nc1ccccc1C(=O)N1CCCCC1)C1CCN(Cc2cccc(Br)c2)CC1. The third kappa shape index (κ3) is 5.74. The maximum absolute atomic E-state index is 13.0. The first-order chi connectivity index (χ1) is 15.1. The number of hydrogen-bond donors (Lipinski definition) is 1. The van der Waals surface area contributed by atoms with Crippen LogP contribution in [-0.2, 0) is 11.3 Å². The Morgan fingerprint density at radius 3 is 2.42 bits per heavy atom. The summed E-state index contributed by atoms with van der Waals surface area (Å²) in [5, 5.41) is 3.06. The quantitative estimate of drug-likeness (QED) is 0.655. The minimum Gasteiger partial charge on any atom is -0.339 e. The zero-order valence-electron chi connectivity index (χ0n) is 17.9. The van der Waals surface area contributed by atoms with Gasteiger partial charge >= 0.3 is 0 Å². The second-order valence-corrected chi connectivity index (χ2v) is 9.48. The molecule has 4 rings (SSSR count). The number of anilines is 1. The Morgan fingerprint density at radius 2 is 1.68 bits per heavy atom. The molecular weight excluding hydrogens is 454 g/mol. The molecule has 2 amide bonds. The maximum Gasteiger partial charge on any atom is 0.255 e. The summed E-state index contributed by atoms with van der Waals surface area (Å²) in [5.41, 5.74) is 2.52. The lowest BCUT2D eigenvalue weighted by Crippen LogP contribution is -2.38. The van der Waals surface area contributed by atoms with Crippen molar-refractivity contribution < 1.29 is 9.59 Å². The molecule has 6 heteroatoms. The van der Waals surface area contributed by atoms with E-state index in [1.54, 1.807) is 0 Å². The molecule has 0 radical (unpaired) electrons. The van der Waals surface area contributed by atoms with Crippen LogP contribution >= 0.6 is 15.9 Å². The van der Waals surface area contributed by atoms with E-state index < -0.39 is 0 Å². The topological polar surface area (TPSA) is 52.7 Å². The van der Waals surface area contributed by atoms with E-state index in [2.05, 4.69) is 44.3 Å². The Bertz CT molecular complexity index is 918. The monoisotopic (exact) mass is 483 g/mol. The largest absolute Gasteiger partial charge is 0.339 e. The standard InChI is InChI=1S/C25H30BrN3O2/c26-21-8-6-7-19(17-21)18-28-15-11-20(12-16-28)24(30)27-23-10-3-2-9-22(23)25(31)29-13-4-1-5-14-29/h2-3,6-10,17,20H,1,4-5,11-16,18H2,(H,27,30). The molecule has 0 aliphatic carbocycles. The van der Waals surface area contributed by atoms with Crippen LogP contribution in [0.3, 0.4) is 0 Å². The highest BCUT2D eigenvalue weighted by Gasteiger charge is 2.27. The van der Waals surface area contributed by atoms with E-state index in [-0.39, 0.29) is 17.7 Å². The predicted molar refractivity (Wildman–Crippen MR) is 127 cm³/mol. The van der Waals surface area contributed by atoms with Crippen LogP contribution in [0.4, 0.5) is 5.69 Å². The summed E-state index contributed by atoms with van der Waals surface area (Å²) >= 11 is 3.53. The van der Waals surface area contributed by atoms with Crippen molar-refractivity contribution in [1.82, 2.24) is 9.80 Å². The normalized spacial score (nSPS) is 18.0. The summed E-state index contributed by atoms with van der Waals surface area (Å²) in [7, 11) is 0. The Balaban J connectivity index is 1.33. The van der Waals surface area contributed by atoms with Gasteiger partial charge in [0.2, 0.25) is 5.91 Å². The second-order valence-electron chi connectivity index (χ2n) is 8.57. The number of nitrogens with one attached hydrogen (secondary N) is 1. The predicted octanol–water partition coefficient (Wildman–Crippen LogP) is 4.93. The van der Waals surface area contributed by atoms with E-state index in [0.717, 1.165) is 62.9 Å². The molecule has 164 valence electrons. The summed E-state index contributed by atoms with van der Waals surface area (Å²) in [5.74, 6) is 0.0392. The number of para-hydroxylation sites is 1. The van der Waals surface area contributed by atoms with Gasteiger partial charge in [-0.2, -0.15) is 0 Å². The molecule has 0 saturated carbocycles. The second kappa shape index (κ2) is 10.4. The third-order valence-electron chi connectivity index (χ3n) is 6.31. The van der Waals surface area contributed by atoms with Crippen molar-refractivity contribution in [1.29, 1.82) is 0 Å². The van der Waals surface area contributed by atoms with Crippen LogP contribution < -0.4 is 5.32 Å². The highest BCUT2D eigenvalue weighted by Crippen LogP contribution is 2.24. The van der Waals surface area contributed by atoms with E-state index in [1.807, 2.05) is 35.2 Å². The van der Waals surface area contributed by atoms with Crippen LogP contribution in [0.25, 0.3) is 0 Å². The first-order valence-electron chi connectivity index (χ1n) is 11.3. The van der Waals surface area contributed by atoms with Crippen molar-refractivity contribution in [3.05, 3.63) is 64.1 Å². The van der Waals surface area contributed by atoms with Gasteiger partial charge in [-0.1, -0.05) is 40.2 Å². The summed E-state index contributed by atoms with van der Waals surface area (Å²) < 4.78 is 1.09.